The van der Waals surface area contributed by atoms with Gasteiger partial charge in [-0.3, -0.25) is 0 Å². The van der Waals surface area contributed by atoms with E-state index in [1.165, 1.54) is 19.3 Å². The summed E-state index contributed by atoms with van der Waals surface area (Å²) < 4.78 is 0. The van der Waals surface area contributed by atoms with Gasteiger partial charge in [0.25, 0.3) is 0 Å². The maximum Gasteiger partial charge on any atom is 0.0715 e. The molecule has 0 aromatic heterocycles. The van der Waals surface area contributed by atoms with Crippen LogP contribution in [-0.4, -0.2) is 17.8 Å². The number of rotatable bonds is 2. The first kappa shape index (κ1) is 9.01. The van der Waals surface area contributed by atoms with Crippen molar-refractivity contribution in [3.05, 3.63) is 0 Å². The molecule has 1 atom stereocenters. The van der Waals surface area contributed by atoms with Gasteiger partial charge in [0.05, 0.1) is 6.10 Å². The minimum atomic E-state index is -0.289. The van der Waals surface area contributed by atoms with Gasteiger partial charge in [-0.25, -0.2) is 0 Å². The third kappa shape index (κ3) is 1.94. The zero-order chi connectivity index (χ0) is 8.32. The molecule has 0 aliphatic heterocycles. The molecule has 1 fully saturated rings. The fraction of sp³-hybridized carbons (Fsp3) is 1.00. The first-order valence-electron chi connectivity index (χ1n) is 4.57. The van der Waals surface area contributed by atoms with Crippen molar-refractivity contribution in [1.82, 2.24) is 0 Å². The second kappa shape index (κ2) is 3.55. The predicted molar refractivity (Wildman–Crippen MR) is 46.3 cm³/mol. The third-order valence-electron chi connectivity index (χ3n) is 3.02. The molecular formula is C9H19NO. The number of aliphatic hydroxyl groups is 1. The first-order chi connectivity index (χ1) is 5.19. The molecule has 0 amide bonds. The van der Waals surface area contributed by atoms with E-state index in [2.05, 4.69) is 6.92 Å². The van der Waals surface area contributed by atoms with Crippen LogP contribution in [0.3, 0.4) is 0 Å². The molecule has 1 aliphatic rings. The fourth-order valence-corrected chi connectivity index (χ4v) is 1.98. The van der Waals surface area contributed by atoms with Gasteiger partial charge in [-0.1, -0.05) is 26.2 Å². The molecule has 0 saturated heterocycles. The molecule has 1 rings (SSSR count). The van der Waals surface area contributed by atoms with E-state index < -0.39 is 0 Å². The summed E-state index contributed by atoms with van der Waals surface area (Å²) in [6, 6.07) is 0. The monoisotopic (exact) mass is 157 g/mol. The quantitative estimate of drug-likeness (QED) is 0.634. The lowest BCUT2D eigenvalue weighted by molar-refractivity contribution is 0.0165. The van der Waals surface area contributed by atoms with E-state index in [1.54, 1.807) is 0 Å². The molecule has 2 nitrogen and oxygen atoms in total. The highest BCUT2D eigenvalue weighted by Gasteiger charge is 2.33. The zero-order valence-corrected chi connectivity index (χ0v) is 7.34. The van der Waals surface area contributed by atoms with Crippen LogP contribution in [0.25, 0.3) is 0 Å². The molecular weight excluding hydrogens is 138 g/mol. The average molecular weight is 157 g/mol. The van der Waals surface area contributed by atoms with Gasteiger partial charge in [0.2, 0.25) is 0 Å². The van der Waals surface area contributed by atoms with Crippen molar-refractivity contribution in [3.8, 4) is 0 Å². The standard InChI is InChI=1S/C9H19NO/c1-9(8(11)7-10)5-3-2-4-6-9/h8,11H,2-7,10H2,1H3/t8-/m0/s1. The minimum absolute atomic E-state index is 0.118. The van der Waals surface area contributed by atoms with Crippen molar-refractivity contribution in [2.75, 3.05) is 6.54 Å². The number of aliphatic hydroxyl groups excluding tert-OH is 1. The normalized spacial score (nSPS) is 26.5. The molecule has 2 heteroatoms. The molecule has 11 heavy (non-hydrogen) atoms. The lowest BCUT2D eigenvalue weighted by Crippen LogP contribution is -2.39. The Kier molecular flexibility index (Phi) is 2.90. The van der Waals surface area contributed by atoms with Gasteiger partial charge in [0.1, 0.15) is 0 Å². The van der Waals surface area contributed by atoms with E-state index in [0.29, 0.717) is 6.54 Å². The first-order valence-corrected chi connectivity index (χ1v) is 4.57. The van der Waals surface area contributed by atoms with Crippen LogP contribution in [0.15, 0.2) is 0 Å². The van der Waals surface area contributed by atoms with Gasteiger partial charge in [-0.05, 0) is 18.3 Å². The maximum absolute atomic E-state index is 9.62. The maximum atomic E-state index is 9.62. The lowest BCUT2D eigenvalue weighted by atomic mass is 9.72. The van der Waals surface area contributed by atoms with Crippen LogP contribution >= 0.6 is 0 Å². The molecule has 66 valence electrons. The Bertz CT molecular complexity index is 119. The Morgan fingerprint density at radius 1 is 1.36 bits per heavy atom. The lowest BCUT2D eigenvalue weighted by Gasteiger charge is -2.37. The molecule has 0 aromatic rings. The largest absolute Gasteiger partial charge is 0.391 e. The SMILES string of the molecule is CC1([C@@H](O)CN)CCCCC1. The molecule has 3 N–H and O–H groups in total. The third-order valence-corrected chi connectivity index (χ3v) is 3.02. The van der Waals surface area contributed by atoms with Gasteiger partial charge in [0, 0.05) is 6.54 Å². The Morgan fingerprint density at radius 3 is 2.36 bits per heavy atom. The molecule has 0 heterocycles. The Morgan fingerprint density at radius 2 is 1.91 bits per heavy atom. The molecule has 1 saturated carbocycles. The molecule has 0 aromatic carbocycles. The van der Waals surface area contributed by atoms with Gasteiger partial charge < -0.3 is 10.8 Å². The average Bonchev–Trinajstić information content (AvgIpc) is 2.04. The summed E-state index contributed by atoms with van der Waals surface area (Å²) in [4.78, 5) is 0. The Balaban J connectivity index is 2.49. The van der Waals surface area contributed by atoms with Crippen LogP contribution < -0.4 is 5.73 Å². The summed E-state index contributed by atoms with van der Waals surface area (Å²) in [5.41, 5.74) is 5.56. The highest BCUT2D eigenvalue weighted by atomic mass is 16.3. The van der Waals surface area contributed by atoms with Crippen molar-refractivity contribution in [2.45, 2.75) is 45.1 Å². The summed E-state index contributed by atoms with van der Waals surface area (Å²) >= 11 is 0. The second-order valence-corrected chi connectivity index (χ2v) is 3.97. The van der Waals surface area contributed by atoms with E-state index in [4.69, 9.17) is 5.73 Å². The van der Waals surface area contributed by atoms with Crippen molar-refractivity contribution in [3.63, 3.8) is 0 Å². The zero-order valence-electron chi connectivity index (χ0n) is 7.34. The van der Waals surface area contributed by atoms with Gasteiger partial charge in [-0.2, -0.15) is 0 Å². The molecule has 1 aliphatic carbocycles. The summed E-state index contributed by atoms with van der Waals surface area (Å²) in [6.45, 7) is 2.57. The van der Waals surface area contributed by atoms with E-state index in [1.807, 2.05) is 0 Å². The van der Waals surface area contributed by atoms with Crippen LogP contribution in [-0.2, 0) is 0 Å². The predicted octanol–water partition coefficient (Wildman–Crippen LogP) is 1.28. The van der Waals surface area contributed by atoms with Crippen LogP contribution in [0, 0.1) is 5.41 Å². The summed E-state index contributed by atoms with van der Waals surface area (Å²) in [7, 11) is 0. The van der Waals surface area contributed by atoms with Gasteiger partial charge in [0.15, 0.2) is 0 Å². The summed E-state index contributed by atoms with van der Waals surface area (Å²) in [5, 5.41) is 9.62. The van der Waals surface area contributed by atoms with Crippen LogP contribution in [0.1, 0.15) is 39.0 Å². The Labute approximate surface area is 68.8 Å². The summed E-state index contributed by atoms with van der Waals surface area (Å²) in [6.07, 6.45) is 5.84. The van der Waals surface area contributed by atoms with Crippen LogP contribution in [0.4, 0.5) is 0 Å². The highest BCUT2D eigenvalue weighted by molar-refractivity contribution is 4.85. The van der Waals surface area contributed by atoms with Gasteiger partial charge >= 0.3 is 0 Å². The highest BCUT2D eigenvalue weighted by Crippen LogP contribution is 2.38. The smallest absolute Gasteiger partial charge is 0.0715 e. The van der Waals surface area contributed by atoms with Crippen LogP contribution in [0.2, 0.25) is 0 Å². The molecule has 0 radical (unpaired) electrons. The van der Waals surface area contributed by atoms with Crippen molar-refractivity contribution < 1.29 is 5.11 Å². The number of hydrogen-bond acceptors (Lipinski definition) is 2. The second-order valence-electron chi connectivity index (χ2n) is 3.97. The van der Waals surface area contributed by atoms with Crippen LogP contribution in [0.5, 0.6) is 0 Å². The van der Waals surface area contributed by atoms with Gasteiger partial charge in [-0.15, -0.1) is 0 Å². The van der Waals surface area contributed by atoms with E-state index in [0.717, 1.165) is 12.8 Å². The molecule has 0 spiro atoms. The van der Waals surface area contributed by atoms with E-state index in [-0.39, 0.29) is 11.5 Å². The van der Waals surface area contributed by atoms with E-state index >= 15 is 0 Å². The molecule has 0 unspecified atom stereocenters. The minimum Gasteiger partial charge on any atom is -0.391 e. The van der Waals surface area contributed by atoms with E-state index in [9.17, 15) is 5.11 Å². The van der Waals surface area contributed by atoms with Crippen molar-refractivity contribution >= 4 is 0 Å². The number of hydrogen-bond donors (Lipinski definition) is 2. The topological polar surface area (TPSA) is 46.2 Å². The Hall–Kier alpha value is -0.0800. The van der Waals surface area contributed by atoms with Crippen molar-refractivity contribution in [1.29, 1.82) is 0 Å². The summed E-state index contributed by atoms with van der Waals surface area (Å²) in [5.74, 6) is 0. The number of nitrogens with two attached hydrogens (primary N) is 1. The van der Waals surface area contributed by atoms with Crippen molar-refractivity contribution in [2.24, 2.45) is 11.1 Å². The fourth-order valence-electron chi connectivity index (χ4n) is 1.98. The molecule has 0 bridgehead atoms.